The highest BCUT2D eigenvalue weighted by atomic mass is 16.6. The number of para-hydroxylation sites is 3. The van der Waals surface area contributed by atoms with Crippen molar-refractivity contribution in [3.8, 4) is 17.2 Å². The highest BCUT2D eigenvalue weighted by Gasteiger charge is 2.09. The Labute approximate surface area is 152 Å². The molecule has 3 aromatic rings. The van der Waals surface area contributed by atoms with Crippen molar-refractivity contribution in [2.24, 2.45) is 0 Å². The second kappa shape index (κ2) is 8.16. The van der Waals surface area contributed by atoms with E-state index in [0.29, 0.717) is 18.1 Å². The molecule has 0 spiro atoms. The molecule has 132 valence electrons. The number of nitro benzene ring substituents is 1. The first kappa shape index (κ1) is 17.5. The number of ether oxygens (including phenoxy) is 2. The van der Waals surface area contributed by atoms with Gasteiger partial charge in [-0.3, -0.25) is 10.1 Å². The molecular weight excluding hydrogens is 330 g/mol. The molecule has 0 aliphatic rings. The molecule has 0 aliphatic heterocycles. The van der Waals surface area contributed by atoms with Crippen LogP contribution in [0, 0.1) is 10.1 Å². The summed E-state index contributed by atoms with van der Waals surface area (Å²) in [5.74, 6) is 2.06. The molecular formula is C21H19NO4. The Balaban J connectivity index is 1.74. The van der Waals surface area contributed by atoms with Crippen LogP contribution < -0.4 is 9.47 Å². The van der Waals surface area contributed by atoms with Crippen LogP contribution in [0.4, 0.5) is 5.69 Å². The van der Waals surface area contributed by atoms with Crippen LogP contribution in [0.5, 0.6) is 17.2 Å². The van der Waals surface area contributed by atoms with E-state index >= 15 is 0 Å². The molecule has 5 nitrogen and oxygen atoms in total. The Morgan fingerprint density at radius 1 is 0.846 bits per heavy atom. The molecule has 0 aliphatic carbocycles. The van der Waals surface area contributed by atoms with Crippen LogP contribution in [-0.4, -0.2) is 4.92 Å². The molecule has 0 N–H and O–H groups in total. The summed E-state index contributed by atoms with van der Waals surface area (Å²) in [7, 11) is 0. The summed E-state index contributed by atoms with van der Waals surface area (Å²) in [6.45, 7) is 2.38. The van der Waals surface area contributed by atoms with E-state index in [4.69, 9.17) is 9.47 Å². The van der Waals surface area contributed by atoms with E-state index in [2.05, 4.69) is 6.92 Å². The molecule has 0 saturated carbocycles. The summed E-state index contributed by atoms with van der Waals surface area (Å²) in [6.07, 6.45) is 0.877. The van der Waals surface area contributed by atoms with Gasteiger partial charge in [0.05, 0.1) is 4.92 Å². The maximum absolute atomic E-state index is 10.7. The van der Waals surface area contributed by atoms with Crippen molar-refractivity contribution in [2.75, 3.05) is 0 Å². The smallest absolute Gasteiger partial charge is 0.269 e. The maximum atomic E-state index is 10.7. The standard InChI is InChI=1S/C21H19NO4/c1-2-17-7-3-4-8-19(17)26-21-10-6-5-9-20(21)25-15-16-11-13-18(14-12-16)22(23)24/h3-14H,2,15H2,1H3. The fourth-order valence-corrected chi connectivity index (χ4v) is 2.54. The number of rotatable bonds is 7. The quantitative estimate of drug-likeness (QED) is 0.416. The van der Waals surface area contributed by atoms with E-state index in [9.17, 15) is 10.1 Å². The molecule has 0 fully saturated rings. The summed E-state index contributed by atoms with van der Waals surface area (Å²) in [5, 5.41) is 10.7. The number of hydrogen-bond donors (Lipinski definition) is 0. The van der Waals surface area contributed by atoms with Gasteiger partial charge in [0.25, 0.3) is 5.69 Å². The molecule has 0 atom stereocenters. The summed E-state index contributed by atoms with van der Waals surface area (Å²) in [4.78, 5) is 10.3. The van der Waals surface area contributed by atoms with Gasteiger partial charge < -0.3 is 9.47 Å². The molecule has 0 aromatic heterocycles. The van der Waals surface area contributed by atoms with Crippen LogP contribution >= 0.6 is 0 Å². The second-order valence-electron chi connectivity index (χ2n) is 5.72. The molecule has 0 heterocycles. The lowest BCUT2D eigenvalue weighted by Gasteiger charge is -2.14. The Bertz CT molecular complexity index is 891. The third kappa shape index (κ3) is 4.19. The molecule has 0 radical (unpaired) electrons. The third-order valence-electron chi connectivity index (χ3n) is 3.96. The number of nitrogens with zero attached hydrogens (tertiary/aromatic N) is 1. The highest BCUT2D eigenvalue weighted by molar-refractivity contribution is 5.45. The van der Waals surface area contributed by atoms with Crippen molar-refractivity contribution in [2.45, 2.75) is 20.0 Å². The molecule has 0 unspecified atom stereocenters. The predicted octanol–water partition coefficient (Wildman–Crippen LogP) is 5.53. The first-order chi connectivity index (χ1) is 12.7. The van der Waals surface area contributed by atoms with Crippen LogP contribution in [0.3, 0.4) is 0 Å². The Morgan fingerprint density at radius 3 is 2.12 bits per heavy atom. The van der Waals surface area contributed by atoms with Crippen molar-refractivity contribution >= 4 is 5.69 Å². The minimum absolute atomic E-state index is 0.0636. The van der Waals surface area contributed by atoms with Crippen molar-refractivity contribution in [3.05, 3.63) is 94.0 Å². The fraction of sp³-hybridized carbons (Fsp3) is 0.143. The first-order valence-corrected chi connectivity index (χ1v) is 8.38. The van der Waals surface area contributed by atoms with Crippen molar-refractivity contribution < 1.29 is 14.4 Å². The van der Waals surface area contributed by atoms with Crippen LogP contribution in [0.15, 0.2) is 72.8 Å². The first-order valence-electron chi connectivity index (χ1n) is 8.38. The predicted molar refractivity (Wildman–Crippen MR) is 99.8 cm³/mol. The lowest BCUT2D eigenvalue weighted by molar-refractivity contribution is -0.384. The van der Waals surface area contributed by atoms with Crippen molar-refractivity contribution in [1.82, 2.24) is 0 Å². The third-order valence-corrected chi connectivity index (χ3v) is 3.96. The summed E-state index contributed by atoms with van der Waals surface area (Å²) in [6, 6.07) is 21.7. The molecule has 3 aromatic carbocycles. The lowest BCUT2D eigenvalue weighted by Crippen LogP contribution is -1.98. The summed E-state index contributed by atoms with van der Waals surface area (Å²) < 4.78 is 11.9. The molecule has 0 bridgehead atoms. The van der Waals surface area contributed by atoms with E-state index < -0.39 is 4.92 Å². The highest BCUT2D eigenvalue weighted by Crippen LogP contribution is 2.33. The summed E-state index contributed by atoms with van der Waals surface area (Å²) in [5.41, 5.74) is 2.03. The average Bonchev–Trinajstić information content (AvgIpc) is 2.68. The minimum atomic E-state index is -0.418. The molecule has 0 amide bonds. The number of aryl methyl sites for hydroxylation is 1. The molecule has 5 heteroatoms. The van der Waals surface area contributed by atoms with E-state index in [1.54, 1.807) is 12.1 Å². The monoisotopic (exact) mass is 349 g/mol. The van der Waals surface area contributed by atoms with Gasteiger partial charge in [0.2, 0.25) is 0 Å². The van der Waals surface area contributed by atoms with Gasteiger partial charge in [-0.2, -0.15) is 0 Å². The van der Waals surface area contributed by atoms with Crippen molar-refractivity contribution in [1.29, 1.82) is 0 Å². The Kier molecular flexibility index (Phi) is 5.49. The van der Waals surface area contributed by atoms with Crippen LogP contribution in [0.1, 0.15) is 18.1 Å². The molecule has 0 saturated heterocycles. The summed E-state index contributed by atoms with van der Waals surface area (Å²) >= 11 is 0. The lowest BCUT2D eigenvalue weighted by atomic mass is 10.1. The van der Waals surface area contributed by atoms with Gasteiger partial charge in [-0.05, 0) is 47.9 Å². The molecule has 26 heavy (non-hydrogen) atoms. The van der Waals surface area contributed by atoms with Crippen LogP contribution in [0.25, 0.3) is 0 Å². The molecule has 3 rings (SSSR count). The van der Waals surface area contributed by atoms with Gasteiger partial charge >= 0.3 is 0 Å². The van der Waals surface area contributed by atoms with E-state index in [-0.39, 0.29) is 5.69 Å². The fourth-order valence-electron chi connectivity index (χ4n) is 2.54. The average molecular weight is 349 g/mol. The number of non-ortho nitro benzene ring substituents is 1. The zero-order valence-corrected chi connectivity index (χ0v) is 14.4. The number of hydrogen-bond acceptors (Lipinski definition) is 4. The van der Waals surface area contributed by atoms with Gasteiger partial charge in [-0.15, -0.1) is 0 Å². The van der Waals surface area contributed by atoms with Crippen LogP contribution in [-0.2, 0) is 13.0 Å². The largest absolute Gasteiger partial charge is 0.485 e. The topological polar surface area (TPSA) is 61.6 Å². The second-order valence-corrected chi connectivity index (χ2v) is 5.72. The van der Waals surface area contributed by atoms with Gasteiger partial charge in [-0.25, -0.2) is 0 Å². The van der Waals surface area contributed by atoms with E-state index in [1.165, 1.54) is 12.1 Å². The zero-order chi connectivity index (χ0) is 18.4. The Hall–Kier alpha value is -3.34. The number of benzene rings is 3. The van der Waals surface area contributed by atoms with Gasteiger partial charge in [0.15, 0.2) is 11.5 Å². The zero-order valence-electron chi connectivity index (χ0n) is 14.4. The van der Waals surface area contributed by atoms with E-state index in [0.717, 1.165) is 23.3 Å². The van der Waals surface area contributed by atoms with Gasteiger partial charge in [0.1, 0.15) is 12.4 Å². The number of nitro groups is 1. The van der Waals surface area contributed by atoms with E-state index in [1.807, 2.05) is 48.5 Å². The minimum Gasteiger partial charge on any atom is -0.485 e. The van der Waals surface area contributed by atoms with Gasteiger partial charge in [0, 0.05) is 12.1 Å². The van der Waals surface area contributed by atoms with Crippen LogP contribution in [0.2, 0.25) is 0 Å². The van der Waals surface area contributed by atoms with Crippen molar-refractivity contribution in [3.63, 3.8) is 0 Å². The SMILES string of the molecule is CCc1ccccc1Oc1ccccc1OCc1ccc([N+](=O)[O-])cc1. The van der Waals surface area contributed by atoms with Gasteiger partial charge in [-0.1, -0.05) is 37.3 Å². The maximum Gasteiger partial charge on any atom is 0.269 e. The Morgan fingerprint density at radius 2 is 1.46 bits per heavy atom. The normalized spacial score (nSPS) is 10.3.